The first kappa shape index (κ1) is 20.2. The zero-order valence-electron chi connectivity index (χ0n) is 18.0. The van der Waals surface area contributed by atoms with E-state index in [-0.39, 0.29) is 5.91 Å². The summed E-state index contributed by atoms with van der Waals surface area (Å²) in [4.78, 5) is 28.2. The largest absolute Gasteiger partial charge is 0.467 e. The molecule has 4 aromatic rings. The minimum Gasteiger partial charge on any atom is -0.467 e. The van der Waals surface area contributed by atoms with Crippen molar-refractivity contribution >= 4 is 23.2 Å². The van der Waals surface area contributed by atoms with E-state index in [4.69, 9.17) is 4.42 Å². The summed E-state index contributed by atoms with van der Waals surface area (Å²) >= 11 is 0. The van der Waals surface area contributed by atoms with Crippen molar-refractivity contribution in [1.29, 1.82) is 0 Å². The van der Waals surface area contributed by atoms with Crippen LogP contribution in [0.1, 0.15) is 11.5 Å². The molecule has 1 saturated heterocycles. The number of amides is 1. The maximum Gasteiger partial charge on any atom is 0.254 e. The number of benzene rings is 1. The van der Waals surface area contributed by atoms with Gasteiger partial charge in [0.1, 0.15) is 17.9 Å². The van der Waals surface area contributed by atoms with Crippen LogP contribution in [0, 0.1) is 6.92 Å². The molecule has 9 nitrogen and oxygen atoms in total. The van der Waals surface area contributed by atoms with E-state index in [0.717, 1.165) is 49.1 Å². The third-order valence-electron chi connectivity index (χ3n) is 5.68. The van der Waals surface area contributed by atoms with Crippen molar-refractivity contribution in [3.8, 4) is 0 Å². The van der Waals surface area contributed by atoms with Crippen LogP contribution in [0.5, 0.6) is 0 Å². The number of furan rings is 1. The molecule has 0 radical (unpaired) electrons. The topological polar surface area (TPSA) is 83.0 Å². The Kier molecular flexibility index (Phi) is 5.55. The van der Waals surface area contributed by atoms with Crippen molar-refractivity contribution in [2.24, 2.45) is 0 Å². The van der Waals surface area contributed by atoms with Gasteiger partial charge < -0.3 is 14.2 Å². The number of carbonyl (C=O) groups excluding carboxylic acids is 1. The molecule has 3 aromatic heterocycles. The van der Waals surface area contributed by atoms with E-state index in [1.807, 2.05) is 55.5 Å². The van der Waals surface area contributed by atoms with E-state index >= 15 is 0 Å². The summed E-state index contributed by atoms with van der Waals surface area (Å²) < 4.78 is 7.27. The van der Waals surface area contributed by atoms with Gasteiger partial charge in [-0.05, 0) is 31.2 Å². The molecule has 1 aliphatic heterocycles. The van der Waals surface area contributed by atoms with Crippen LogP contribution in [-0.4, -0.2) is 63.1 Å². The van der Waals surface area contributed by atoms with Gasteiger partial charge in [0.15, 0.2) is 0 Å². The van der Waals surface area contributed by atoms with Crippen molar-refractivity contribution < 1.29 is 9.21 Å². The highest BCUT2D eigenvalue weighted by atomic mass is 16.3. The molecular formula is C23H25N7O2. The SMILES string of the molecule is Cc1cc(N2CCN(CC(=O)N(Cc3ccco3)c3ccccc3)CC2)n2ncnc2n1. The average Bonchev–Trinajstić information content (AvgIpc) is 3.50. The summed E-state index contributed by atoms with van der Waals surface area (Å²) in [5.74, 6) is 2.41. The van der Waals surface area contributed by atoms with Crippen LogP contribution >= 0.6 is 0 Å². The molecule has 0 bridgehead atoms. The second-order valence-electron chi connectivity index (χ2n) is 7.89. The highest BCUT2D eigenvalue weighted by Crippen LogP contribution is 2.20. The predicted octanol–water partition coefficient (Wildman–Crippen LogP) is 2.38. The van der Waals surface area contributed by atoms with Gasteiger partial charge in [-0.25, -0.2) is 4.98 Å². The Labute approximate surface area is 185 Å². The fourth-order valence-electron chi connectivity index (χ4n) is 4.04. The molecule has 0 unspecified atom stereocenters. The molecule has 1 aliphatic rings. The third kappa shape index (κ3) is 4.19. The Hall–Kier alpha value is -3.72. The van der Waals surface area contributed by atoms with Gasteiger partial charge in [0, 0.05) is 43.6 Å². The smallest absolute Gasteiger partial charge is 0.254 e. The zero-order chi connectivity index (χ0) is 21.9. The van der Waals surface area contributed by atoms with Crippen molar-refractivity contribution in [2.75, 3.05) is 42.5 Å². The Morgan fingerprint density at radius 2 is 1.91 bits per heavy atom. The lowest BCUT2D eigenvalue weighted by atomic mass is 10.2. The van der Waals surface area contributed by atoms with Crippen LogP contribution in [-0.2, 0) is 11.3 Å². The number of hydrogen-bond acceptors (Lipinski definition) is 7. The number of nitrogens with zero attached hydrogens (tertiary/aromatic N) is 7. The van der Waals surface area contributed by atoms with Gasteiger partial charge >= 0.3 is 0 Å². The van der Waals surface area contributed by atoms with Crippen LogP contribution in [0.2, 0.25) is 0 Å². The van der Waals surface area contributed by atoms with Gasteiger partial charge in [-0.1, -0.05) is 18.2 Å². The van der Waals surface area contributed by atoms with Crippen LogP contribution in [0.3, 0.4) is 0 Å². The van der Waals surface area contributed by atoms with Gasteiger partial charge in [-0.15, -0.1) is 0 Å². The molecule has 0 N–H and O–H groups in total. The molecule has 0 aliphatic carbocycles. The molecule has 5 rings (SSSR count). The minimum absolute atomic E-state index is 0.0551. The van der Waals surface area contributed by atoms with Crippen LogP contribution in [0.4, 0.5) is 11.5 Å². The van der Waals surface area contributed by atoms with Crippen LogP contribution in [0.15, 0.2) is 65.5 Å². The summed E-state index contributed by atoms with van der Waals surface area (Å²) in [6.07, 6.45) is 3.16. The standard InChI is InChI=1S/C23H25N7O2/c1-18-14-21(30-23(26-18)24-17-25-30)28-11-9-27(10-12-28)16-22(31)29(15-20-8-5-13-32-20)19-6-3-2-4-7-19/h2-8,13-14,17H,9-12,15-16H2,1H3. The van der Waals surface area contributed by atoms with Gasteiger partial charge in [0.2, 0.25) is 5.91 Å². The van der Waals surface area contributed by atoms with Crippen LogP contribution < -0.4 is 9.80 Å². The summed E-state index contributed by atoms with van der Waals surface area (Å²) in [5.41, 5.74) is 1.78. The number of hydrogen-bond donors (Lipinski definition) is 0. The fraction of sp³-hybridized carbons (Fsp3) is 0.304. The minimum atomic E-state index is 0.0551. The van der Waals surface area contributed by atoms with Crippen molar-refractivity contribution in [3.05, 3.63) is 72.6 Å². The number of piperazine rings is 1. The zero-order valence-corrected chi connectivity index (χ0v) is 18.0. The number of carbonyl (C=O) groups is 1. The molecule has 0 spiro atoms. The number of anilines is 2. The normalized spacial score (nSPS) is 14.7. The lowest BCUT2D eigenvalue weighted by Gasteiger charge is -2.36. The molecule has 4 heterocycles. The van der Waals surface area contributed by atoms with E-state index in [2.05, 4.69) is 24.9 Å². The molecule has 1 amide bonds. The molecule has 1 aromatic carbocycles. The number of aryl methyl sites for hydroxylation is 1. The quantitative estimate of drug-likeness (QED) is 0.464. The fourth-order valence-corrected chi connectivity index (χ4v) is 4.04. The van der Waals surface area contributed by atoms with Crippen molar-refractivity contribution in [3.63, 3.8) is 0 Å². The second-order valence-corrected chi connectivity index (χ2v) is 7.89. The first-order chi connectivity index (χ1) is 15.7. The summed E-state index contributed by atoms with van der Waals surface area (Å²) in [7, 11) is 0. The predicted molar refractivity (Wildman–Crippen MR) is 121 cm³/mol. The highest BCUT2D eigenvalue weighted by molar-refractivity contribution is 5.94. The Bertz CT molecular complexity index is 1180. The average molecular weight is 432 g/mol. The third-order valence-corrected chi connectivity index (χ3v) is 5.68. The van der Waals surface area contributed by atoms with Gasteiger partial charge in [-0.2, -0.15) is 14.6 Å². The second kappa shape index (κ2) is 8.80. The molecule has 9 heteroatoms. The monoisotopic (exact) mass is 431 g/mol. The maximum atomic E-state index is 13.3. The molecule has 0 atom stereocenters. The van der Waals surface area contributed by atoms with E-state index in [9.17, 15) is 4.79 Å². The Morgan fingerprint density at radius 3 is 2.66 bits per heavy atom. The first-order valence-corrected chi connectivity index (χ1v) is 10.7. The molecule has 32 heavy (non-hydrogen) atoms. The van der Waals surface area contributed by atoms with Crippen LogP contribution in [0.25, 0.3) is 5.78 Å². The number of aromatic nitrogens is 4. The van der Waals surface area contributed by atoms with Crippen molar-refractivity contribution in [1.82, 2.24) is 24.5 Å². The molecule has 1 fully saturated rings. The first-order valence-electron chi connectivity index (χ1n) is 10.7. The van der Waals surface area contributed by atoms with Gasteiger partial charge in [0.25, 0.3) is 5.78 Å². The summed E-state index contributed by atoms with van der Waals surface area (Å²) in [5, 5.41) is 4.31. The van der Waals surface area contributed by atoms with E-state index < -0.39 is 0 Å². The number of para-hydroxylation sites is 1. The summed E-state index contributed by atoms with van der Waals surface area (Å²) in [6.45, 7) is 5.90. The number of fused-ring (bicyclic) bond motifs is 1. The maximum absolute atomic E-state index is 13.3. The Morgan fingerprint density at radius 1 is 1.09 bits per heavy atom. The lowest BCUT2D eigenvalue weighted by molar-refractivity contribution is -0.120. The highest BCUT2D eigenvalue weighted by Gasteiger charge is 2.25. The van der Waals surface area contributed by atoms with Gasteiger partial charge in [0.05, 0.1) is 19.4 Å². The van der Waals surface area contributed by atoms with Crippen molar-refractivity contribution in [2.45, 2.75) is 13.5 Å². The number of rotatable bonds is 6. The molecule has 164 valence electrons. The summed E-state index contributed by atoms with van der Waals surface area (Å²) in [6, 6.07) is 15.5. The van der Waals surface area contributed by atoms with E-state index in [1.165, 1.54) is 6.33 Å². The molecule has 0 saturated carbocycles. The van der Waals surface area contributed by atoms with Gasteiger partial charge in [-0.3, -0.25) is 9.69 Å². The molecular weight excluding hydrogens is 406 g/mol. The van der Waals surface area contributed by atoms with E-state index in [1.54, 1.807) is 15.7 Å². The lowest BCUT2D eigenvalue weighted by Crippen LogP contribution is -2.50. The Balaban J connectivity index is 1.26. The van der Waals surface area contributed by atoms with E-state index in [0.29, 0.717) is 18.9 Å².